The van der Waals surface area contributed by atoms with Gasteiger partial charge in [0.15, 0.2) is 0 Å². The summed E-state index contributed by atoms with van der Waals surface area (Å²) in [6, 6.07) is 38.4. The van der Waals surface area contributed by atoms with Crippen molar-refractivity contribution in [3.8, 4) is 16.8 Å². The van der Waals surface area contributed by atoms with Gasteiger partial charge in [-0.25, -0.2) is 0 Å². The monoisotopic (exact) mass is 442 g/mol. The summed E-state index contributed by atoms with van der Waals surface area (Å²) in [6.07, 6.45) is 0. The van der Waals surface area contributed by atoms with Gasteiger partial charge in [-0.05, 0) is 48.0 Å². The van der Waals surface area contributed by atoms with Gasteiger partial charge in [0.2, 0.25) is 0 Å². The molecule has 0 fully saturated rings. The zero-order valence-corrected chi connectivity index (χ0v) is 18.5. The molecule has 0 bridgehead atoms. The van der Waals surface area contributed by atoms with E-state index in [0.717, 1.165) is 38.3 Å². The van der Waals surface area contributed by atoms with Crippen molar-refractivity contribution in [2.24, 2.45) is 0 Å². The molecule has 2 heterocycles. The molecule has 2 aromatic heterocycles. The predicted molar refractivity (Wildman–Crippen MR) is 141 cm³/mol. The highest BCUT2D eigenvalue weighted by Gasteiger charge is 2.15. The fourth-order valence-corrected chi connectivity index (χ4v) is 5.35. The number of nitrogens with zero attached hydrogens (tertiary/aromatic N) is 1. The molecule has 3 heteroatoms. The summed E-state index contributed by atoms with van der Waals surface area (Å²) in [5.74, 6) is 0. The number of rotatable bonds is 2. The average Bonchev–Trinajstić information content (AvgIpc) is 3.39. The van der Waals surface area contributed by atoms with Crippen molar-refractivity contribution in [3.63, 3.8) is 0 Å². The second-order valence-electron chi connectivity index (χ2n) is 8.47. The number of aromatic amines is 1. The summed E-state index contributed by atoms with van der Waals surface area (Å²) in [4.78, 5) is 3.63. The van der Waals surface area contributed by atoms with E-state index in [1.807, 2.05) is 0 Å². The summed E-state index contributed by atoms with van der Waals surface area (Å²) in [7, 11) is 0. The van der Waals surface area contributed by atoms with Crippen LogP contribution in [0.3, 0.4) is 0 Å². The first-order chi connectivity index (χ1) is 16.3. The Morgan fingerprint density at radius 1 is 0.576 bits per heavy atom. The van der Waals surface area contributed by atoms with Crippen molar-refractivity contribution in [2.45, 2.75) is 0 Å². The smallest absolute Gasteiger partial charge is 0.0547 e. The van der Waals surface area contributed by atoms with Crippen molar-refractivity contribution in [1.82, 2.24) is 9.55 Å². The number of hydrogen-bond acceptors (Lipinski definition) is 0. The summed E-state index contributed by atoms with van der Waals surface area (Å²) in [6.45, 7) is 0. The Morgan fingerprint density at radius 3 is 2.18 bits per heavy atom. The molecule has 0 spiro atoms. The number of benzene rings is 5. The van der Waals surface area contributed by atoms with E-state index in [9.17, 15) is 0 Å². The van der Waals surface area contributed by atoms with E-state index >= 15 is 0 Å². The van der Waals surface area contributed by atoms with Crippen molar-refractivity contribution in [2.75, 3.05) is 0 Å². The van der Waals surface area contributed by atoms with Gasteiger partial charge in [-0.15, -0.1) is 0 Å². The van der Waals surface area contributed by atoms with Crippen LogP contribution < -0.4 is 0 Å². The predicted octanol–water partition coefficient (Wildman–Crippen LogP) is 8.74. The maximum atomic E-state index is 6.62. The Bertz CT molecular complexity index is 1820. The second-order valence-corrected chi connectivity index (χ2v) is 8.90. The molecule has 1 N–H and O–H groups in total. The van der Waals surface area contributed by atoms with Crippen molar-refractivity contribution >= 4 is 55.2 Å². The molecule has 33 heavy (non-hydrogen) atoms. The first-order valence-electron chi connectivity index (χ1n) is 11.1. The molecule has 7 aromatic rings. The minimum Gasteiger partial charge on any atom is -0.354 e. The summed E-state index contributed by atoms with van der Waals surface area (Å²) in [5, 5.41) is 5.58. The summed E-state index contributed by atoms with van der Waals surface area (Å²) >= 11 is 6.62. The molecule has 2 nitrogen and oxygen atoms in total. The number of hydrogen-bond donors (Lipinski definition) is 1. The molecular formula is C30H19ClN2. The Morgan fingerprint density at radius 2 is 1.30 bits per heavy atom. The number of para-hydroxylation sites is 3. The highest BCUT2D eigenvalue weighted by Crippen LogP contribution is 2.39. The summed E-state index contributed by atoms with van der Waals surface area (Å²) < 4.78 is 2.35. The van der Waals surface area contributed by atoms with Gasteiger partial charge in [0.05, 0.1) is 16.6 Å². The lowest BCUT2D eigenvalue weighted by Gasteiger charge is -2.10. The molecule has 156 valence electrons. The lowest BCUT2D eigenvalue weighted by molar-refractivity contribution is 1.18. The Balaban J connectivity index is 1.58. The normalized spacial score (nSPS) is 11.8. The fourth-order valence-electron chi connectivity index (χ4n) is 5.14. The van der Waals surface area contributed by atoms with E-state index in [1.54, 1.807) is 0 Å². The molecule has 0 saturated carbocycles. The van der Waals surface area contributed by atoms with Gasteiger partial charge >= 0.3 is 0 Å². The van der Waals surface area contributed by atoms with Crippen LogP contribution in [0.25, 0.3) is 60.4 Å². The number of fused-ring (bicyclic) bond motifs is 6. The third-order valence-corrected chi connectivity index (χ3v) is 6.80. The fraction of sp³-hybridized carbons (Fsp3) is 0. The highest BCUT2D eigenvalue weighted by molar-refractivity contribution is 6.32. The molecule has 5 aromatic carbocycles. The van der Waals surface area contributed by atoms with Crippen LogP contribution in [0, 0.1) is 0 Å². The van der Waals surface area contributed by atoms with E-state index in [1.165, 1.54) is 27.2 Å². The first-order valence-corrected chi connectivity index (χ1v) is 11.4. The maximum absolute atomic E-state index is 6.62. The molecule has 0 aliphatic rings. The molecule has 0 atom stereocenters. The number of H-pyrrole nitrogens is 1. The highest BCUT2D eigenvalue weighted by atomic mass is 35.5. The van der Waals surface area contributed by atoms with Crippen molar-refractivity contribution in [3.05, 3.63) is 114 Å². The third kappa shape index (κ3) is 2.75. The lowest BCUT2D eigenvalue weighted by Crippen LogP contribution is -1.93. The van der Waals surface area contributed by atoms with E-state index in [2.05, 4.69) is 119 Å². The number of halogens is 1. The molecule has 0 aliphatic heterocycles. The van der Waals surface area contributed by atoms with E-state index in [4.69, 9.17) is 11.6 Å². The van der Waals surface area contributed by atoms with Crippen LogP contribution >= 0.6 is 11.6 Å². The maximum Gasteiger partial charge on any atom is 0.0547 e. The van der Waals surface area contributed by atoms with E-state index in [0.29, 0.717) is 0 Å². The van der Waals surface area contributed by atoms with Gasteiger partial charge in [0, 0.05) is 43.3 Å². The third-order valence-electron chi connectivity index (χ3n) is 6.58. The SMILES string of the molecule is Clc1cc(-c2ccc3c4ccccc4n(-c4ccccc4)c3c2)c2[nH]c3ccccc3c2c1. The number of aromatic nitrogens is 2. The van der Waals surface area contributed by atoms with Crippen molar-refractivity contribution in [1.29, 1.82) is 0 Å². The van der Waals surface area contributed by atoms with Crippen LogP contribution in [0.1, 0.15) is 0 Å². The van der Waals surface area contributed by atoms with Crippen LogP contribution in [0.15, 0.2) is 109 Å². The molecule has 0 saturated heterocycles. The zero-order chi connectivity index (χ0) is 21.9. The van der Waals surface area contributed by atoms with Gasteiger partial charge in [-0.2, -0.15) is 0 Å². The van der Waals surface area contributed by atoms with Crippen molar-refractivity contribution < 1.29 is 0 Å². The Labute approximate surface area is 195 Å². The van der Waals surface area contributed by atoms with Gasteiger partial charge in [0.25, 0.3) is 0 Å². The quantitative estimate of drug-likeness (QED) is 0.276. The zero-order valence-electron chi connectivity index (χ0n) is 17.7. The Hall–Kier alpha value is -4.01. The van der Waals surface area contributed by atoms with Gasteiger partial charge in [-0.3, -0.25) is 0 Å². The van der Waals surface area contributed by atoms with Crippen LogP contribution in [-0.4, -0.2) is 9.55 Å². The number of nitrogens with one attached hydrogen (secondary N) is 1. The van der Waals surface area contributed by atoms with E-state index < -0.39 is 0 Å². The van der Waals surface area contributed by atoms with Gasteiger partial charge in [-0.1, -0.05) is 78.3 Å². The second kappa shape index (κ2) is 6.99. The largest absolute Gasteiger partial charge is 0.354 e. The molecule has 7 rings (SSSR count). The molecule has 0 aliphatic carbocycles. The molecule has 0 unspecified atom stereocenters. The molecule has 0 amide bonds. The standard InChI is InChI=1S/C30H19ClN2/c31-20-17-25(30-26(18-20)22-10-4-6-12-27(22)32-30)19-14-15-24-23-11-5-7-13-28(23)33(29(24)16-19)21-8-2-1-3-9-21/h1-18,32H. The average molecular weight is 443 g/mol. The van der Waals surface area contributed by atoms with Gasteiger partial charge in [0.1, 0.15) is 0 Å². The van der Waals surface area contributed by atoms with Crippen LogP contribution in [0.5, 0.6) is 0 Å². The van der Waals surface area contributed by atoms with Crippen LogP contribution in [-0.2, 0) is 0 Å². The first kappa shape index (κ1) is 18.6. The summed E-state index contributed by atoms with van der Waals surface area (Å²) in [5.41, 5.74) is 8.03. The lowest BCUT2D eigenvalue weighted by atomic mass is 10.0. The van der Waals surface area contributed by atoms with Crippen LogP contribution in [0.2, 0.25) is 5.02 Å². The molecule has 0 radical (unpaired) electrons. The van der Waals surface area contributed by atoms with Crippen LogP contribution in [0.4, 0.5) is 0 Å². The van der Waals surface area contributed by atoms with Gasteiger partial charge < -0.3 is 9.55 Å². The topological polar surface area (TPSA) is 20.7 Å². The minimum atomic E-state index is 0.742. The minimum absolute atomic E-state index is 0.742. The Kier molecular flexibility index (Phi) is 3.93. The molecular weight excluding hydrogens is 424 g/mol. The van der Waals surface area contributed by atoms with E-state index in [-0.39, 0.29) is 0 Å².